The zero-order valence-corrected chi connectivity index (χ0v) is 32.1. The minimum absolute atomic E-state index is 0.0533. The summed E-state index contributed by atoms with van der Waals surface area (Å²) < 4.78 is 21.4. The molecule has 2 rings (SSSR count). The van der Waals surface area contributed by atoms with Crippen molar-refractivity contribution in [1.29, 1.82) is 0 Å². The van der Waals surface area contributed by atoms with E-state index in [0.717, 1.165) is 6.61 Å². The lowest BCUT2D eigenvalue weighted by atomic mass is 9.95. The molecule has 6 heteroatoms. The summed E-state index contributed by atoms with van der Waals surface area (Å²) in [5.41, 5.74) is 0. The van der Waals surface area contributed by atoms with Crippen molar-refractivity contribution >= 4 is 35.3 Å². The highest BCUT2D eigenvalue weighted by Crippen LogP contribution is 2.42. The van der Waals surface area contributed by atoms with Crippen LogP contribution in [0.15, 0.2) is 60.7 Å². The first-order chi connectivity index (χ1) is 18.6. The monoisotopic (exact) mass is 614 g/mol. The van der Waals surface area contributed by atoms with Gasteiger partial charge in [-0.2, -0.15) is 0 Å². The molecule has 0 aliphatic rings. The molecule has 0 bridgehead atoms. The largest absolute Gasteiger partial charge is 0.416 e. The highest BCUT2D eigenvalue weighted by molar-refractivity contribution is 6.99. The van der Waals surface area contributed by atoms with Gasteiger partial charge in [0.25, 0.3) is 8.32 Å². The first kappa shape index (κ1) is 36.2. The predicted octanol–water partition coefficient (Wildman–Crippen LogP) is 9.25. The molecule has 0 radical (unpaired) electrons. The van der Waals surface area contributed by atoms with Crippen LogP contribution < -0.4 is 10.4 Å². The van der Waals surface area contributed by atoms with Crippen LogP contribution in [0.25, 0.3) is 0 Å². The van der Waals surface area contributed by atoms with Gasteiger partial charge in [-0.05, 0) is 51.7 Å². The smallest absolute Gasteiger partial charge is 0.261 e. The fourth-order valence-electron chi connectivity index (χ4n) is 5.07. The second-order valence-corrected chi connectivity index (χ2v) is 30.2. The molecular weight excluding hydrogens is 553 g/mol. The molecule has 2 aromatic rings. The van der Waals surface area contributed by atoms with Crippen molar-refractivity contribution in [3.05, 3.63) is 60.7 Å². The van der Waals surface area contributed by atoms with Crippen LogP contribution in [0, 0.1) is 11.8 Å². The van der Waals surface area contributed by atoms with Gasteiger partial charge in [-0.15, -0.1) is 0 Å². The normalized spacial score (nSPS) is 16.4. The molecule has 3 atom stereocenters. The maximum Gasteiger partial charge on any atom is 0.261 e. The summed E-state index contributed by atoms with van der Waals surface area (Å²) in [6, 6.07) is 21.9. The summed E-state index contributed by atoms with van der Waals surface area (Å²) in [5.74, 6) is 0.472. The Kier molecular flexibility index (Phi) is 11.7. The van der Waals surface area contributed by atoms with Crippen LogP contribution >= 0.6 is 0 Å². The minimum atomic E-state index is -2.63. The second kappa shape index (κ2) is 13.3. The maximum absolute atomic E-state index is 7.40. The maximum atomic E-state index is 7.40. The van der Waals surface area contributed by atoms with Crippen LogP contribution in [-0.2, 0) is 13.3 Å². The van der Waals surface area contributed by atoms with Crippen molar-refractivity contribution in [3.8, 4) is 0 Å². The van der Waals surface area contributed by atoms with Crippen LogP contribution in [0.3, 0.4) is 0 Å². The Bertz CT molecular complexity index is 1020. The molecule has 0 aliphatic heterocycles. The molecule has 0 spiro atoms. The quantitative estimate of drug-likeness (QED) is 0.223. The van der Waals surface area contributed by atoms with E-state index in [1.807, 2.05) is 0 Å². The topological polar surface area (TPSA) is 27.7 Å². The molecule has 0 unspecified atom stereocenters. The highest BCUT2D eigenvalue weighted by atomic mass is 28.4. The van der Waals surface area contributed by atoms with E-state index in [0.29, 0.717) is 6.61 Å². The van der Waals surface area contributed by atoms with Crippen molar-refractivity contribution < 1.29 is 13.3 Å². The summed E-state index contributed by atoms with van der Waals surface area (Å²) in [7, 11) is -6.54. The molecule has 0 N–H and O–H groups in total. The number of hydrogen-bond donors (Lipinski definition) is 0. The van der Waals surface area contributed by atoms with Gasteiger partial charge in [-0.3, -0.25) is 0 Å². The molecule has 0 saturated heterocycles. The van der Waals surface area contributed by atoms with Gasteiger partial charge < -0.3 is 13.3 Å². The molecule has 0 fully saturated rings. The van der Waals surface area contributed by atoms with E-state index in [-0.39, 0.29) is 33.1 Å². The van der Waals surface area contributed by atoms with Crippen LogP contribution in [0.5, 0.6) is 0 Å². The molecular formula is C35H62O3Si3. The molecule has 0 amide bonds. The van der Waals surface area contributed by atoms with E-state index in [4.69, 9.17) is 13.3 Å². The Balaban J connectivity index is 2.49. The fourth-order valence-corrected chi connectivity index (χ4v) is 12.4. The van der Waals surface area contributed by atoms with Gasteiger partial charge in [0.15, 0.2) is 16.6 Å². The van der Waals surface area contributed by atoms with E-state index in [1.165, 1.54) is 10.4 Å². The van der Waals surface area contributed by atoms with Gasteiger partial charge in [0.1, 0.15) is 0 Å². The first-order valence-corrected chi connectivity index (χ1v) is 23.4. The van der Waals surface area contributed by atoms with E-state index in [9.17, 15) is 0 Å². The van der Waals surface area contributed by atoms with Gasteiger partial charge >= 0.3 is 0 Å². The number of hydrogen-bond acceptors (Lipinski definition) is 3. The lowest BCUT2D eigenvalue weighted by molar-refractivity contribution is 0.0290. The summed E-state index contributed by atoms with van der Waals surface area (Å²) in [4.78, 5) is 0. The fraction of sp³-hybridized carbons (Fsp3) is 0.657. The van der Waals surface area contributed by atoms with Gasteiger partial charge in [0.2, 0.25) is 0 Å². The third-order valence-electron chi connectivity index (χ3n) is 9.85. The van der Waals surface area contributed by atoms with Crippen molar-refractivity contribution in [2.45, 2.75) is 124 Å². The SMILES string of the molecule is C[C@@H](CO[Si](C)(C)C(C)(C)C)[C@H](O[Si](C)(C)C(C)(C)C)[C@@H](C)CO[Si](c1ccccc1)(c1ccccc1)C(C)(C)C. The molecule has 232 valence electrons. The van der Waals surface area contributed by atoms with Gasteiger partial charge in [-0.25, -0.2) is 0 Å². The zero-order valence-electron chi connectivity index (χ0n) is 29.1. The number of rotatable bonds is 12. The van der Waals surface area contributed by atoms with Crippen LogP contribution in [0.2, 0.25) is 41.3 Å². The van der Waals surface area contributed by atoms with E-state index >= 15 is 0 Å². The second-order valence-electron chi connectivity index (χ2n) is 16.3. The van der Waals surface area contributed by atoms with Crippen LogP contribution in [-0.4, -0.2) is 44.3 Å². The summed E-state index contributed by atoms with van der Waals surface area (Å²) in [5, 5.41) is 2.90. The molecule has 2 aromatic carbocycles. The summed E-state index contributed by atoms with van der Waals surface area (Å²) in [6.07, 6.45) is 0.0545. The molecule has 0 aromatic heterocycles. The van der Waals surface area contributed by atoms with E-state index in [1.54, 1.807) is 0 Å². The average molecular weight is 615 g/mol. The molecule has 0 heterocycles. The van der Waals surface area contributed by atoms with Crippen molar-refractivity contribution in [2.24, 2.45) is 11.8 Å². The van der Waals surface area contributed by atoms with E-state index in [2.05, 4.69) is 163 Å². The lowest BCUT2D eigenvalue weighted by Crippen LogP contribution is -2.67. The van der Waals surface area contributed by atoms with E-state index < -0.39 is 25.0 Å². The van der Waals surface area contributed by atoms with Crippen LogP contribution in [0.4, 0.5) is 0 Å². The molecule has 41 heavy (non-hydrogen) atoms. The lowest BCUT2D eigenvalue weighted by Gasteiger charge is -2.46. The van der Waals surface area contributed by atoms with Gasteiger partial charge in [-0.1, -0.05) is 137 Å². The van der Waals surface area contributed by atoms with Crippen LogP contribution in [0.1, 0.15) is 76.2 Å². The zero-order chi connectivity index (χ0) is 31.5. The minimum Gasteiger partial charge on any atom is -0.416 e. The molecule has 0 saturated carbocycles. The third-order valence-corrected chi connectivity index (χ3v) is 23.8. The van der Waals surface area contributed by atoms with Crippen molar-refractivity contribution in [2.75, 3.05) is 13.2 Å². The number of benzene rings is 2. The Labute approximate surface area is 257 Å². The van der Waals surface area contributed by atoms with Crippen molar-refractivity contribution in [1.82, 2.24) is 0 Å². The standard InChI is InChI=1S/C35H62O3Si3/c1-28(26-36-39(12,13)33(3,4)5)32(38-40(14,15)34(6,7)8)29(2)27-37-41(35(9,10)11,30-22-18-16-19-23-30)31-24-20-17-21-25-31/h16-25,28-29,32H,26-27H2,1-15H3/t28-,29-,32-/m0/s1. The average Bonchev–Trinajstić information content (AvgIpc) is 2.85. The summed E-state index contributed by atoms with van der Waals surface area (Å²) >= 11 is 0. The van der Waals surface area contributed by atoms with Gasteiger partial charge in [0, 0.05) is 25.0 Å². The summed E-state index contributed by atoms with van der Waals surface area (Å²) in [6.45, 7) is 36.4. The Morgan fingerprint density at radius 1 is 0.537 bits per heavy atom. The third kappa shape index (κ3) is 8.54. The van der Waals surface area contributed by atoms with Crippen molar-refractivity contribution in [3.63, 3.8) is 0 Å². The Morgan fingerprint density at radius 3 is 1.24 bits per heavy atom. The Hall–Kier alpha value is -1.03. The van der Waals surface area contributed by atoms with Gasteiger partial charge in [0.05, 0.1) is 6.10 Å². The predicted molar refractivity (Wildman–Crippen MR) is 187 cm³/mol. The molecule has 0 aliphatic carbocycles. The first-order valence-electron chi connectivity index (χ1n) is 15.6. The Morgan fingerprint density at radius 2 is 0.902 bits per heavy atom. The highest BCUT2D eigenvalue weighted by Gasteiger charge is 2.51. The molecule has 3 nitrogen and oxygen atoms in total.